The van der Waals surface area contributed by atoms with E-state index in [2.05, 4.69) is 10.1 Å². The first kappa shape index (κ1) is 16.8. The number of rotatable bonds is 6. The topological polar surface area (TPSA) is 51.0 Å². The van der Waals surface area contributed by atoms with Crippen LogP contribution in [0.25, 0.3) is 5.69 Å². The third-order valence-corrected chi connectivity index (χ3v) is 3.92. The van der Waals surface area contributed by atoms with E-state index in [0.717, 1.165) is 16.8 Å². The number of pyridine rings is 1. The molecular formula is C19H19FN4O. The van der Waals surface area contributed by atoms with Gasteiger partial charge in [-0.15, -0.1) is 0 Å². The summed E-state index contributed by atoms with van der Waals surface area (Å²) in [5, 5.41) is 4.27. The highest BCUT2D eigenvalue weighted by Gasteiger charge is 2.11. The predicted molar refractivity (Wildman–Crippen MR) is 92.6 cm³/mol. The molecule has 128 valence electrons. The minimum atomic E-state index is -0.282. The van der Waals surface area contributed by atoms with E-state index in [1.54, 1.807) is 47.4 Å². The summed E-state index contributed by atoms with van der Waals surface area (Å²) >= 11 is 0. The Labute approximate surface area is 145 Å². The molecule has 1 aromatic carbocycles. The van der Waals surface area contributed by atoms with Crippen LogP contribution in [0.1, 0.15) is 17.5 Å². The van der Waals surface area contributed by atoms with E-state index in [1.165, 1.54) is 12.1 Å². The van der Waals surface area contributed by atoms with Gasteiger partial charge in [0.2, 0.25) is 5.91 Å². The highest BCUT2D eigenvalue weighted by Crippen LogP contribution is 2.11. The quantitative estimate of drug-likeness (QED) is 0.694. The van der Waals surface area contributed by atoms with Crippen LogP contribution in [0.15, 0.2) is 61.2 Å². The van der Waals surface area contributed by atoms with Crippen molar-refractivity contribution in [2.24, 2.45) is 0 Å². The molecule has 0 aliphatic heterocycles. The second-order valence-electron chi connectivity index (χ2n) is 5.88. The van der Waals surface area contributed by atoms with Crippen molar-refractivity contribution in [2.75, 3.05) is 7.05 Å². The van der Waals surface area contributed by atoms with Gasteiger partial charge < -0.3 is 4.90 Å². The molecule has 3 aromatic rings. The van der Waals surface area contributed by atoms with Crippen molar-refractivity contribution in [3.8, 4) is 5.69 Å². The number of halogens is 1. The van der Waals surface area contributed by atoms with E-state index in [-0.39, 0.29) is 11.7 Å². The molecule has 5 nitrogen and oxygen atoms in total. The standard InChI is InChI=1S/C19H19FN4O/c1-23(19(25)9-4-15-3-2-10-21-11-15)13-16-12-22-24(14-16)18-7-5-17(20)6-8-18/h2-3,5-8,10-12,14H,4,9,13H2,1H3. The number of aromatic nitrogens is 3. The number of benzene rings is 1. The Bertz CT molecular complexity index is 830. The molecule has 0 spiro atoms. The van der Waals surface area contributed by atoms with Gasteiger partial charge in [-0.05, 0) is 42.3 Å². The lowest BCUT2D eigenvalue weighted by Crippen LogP contribution is -2.26. The summed E-state index contributed by atoms with van der Waals surface area (Å²) in [5.41, 5.74) is 2.74. The normalized spacial score (nSPS) is 10.6. The third kappa shape index (κ3) is 4.50. The highest BCUT2D eigenvalue weighted by molar-refractivity contribution is 5.76. The van der Waals surface area contributed by atoms with Crippen LogP contribution in [0.3, 0.4) is 0 Å². The maximum atomic E-state index is 13.0. The van der Waals surface area contributed by atoms with E-state index in [9.17, 15) is 9.18 Å². The summed E-state index contributed by atoms with van der Waals surface area (Å²) in [6.07, 6.45) is 8.17. The molecule has 1 amide bonds. The van der Waals surface area contributed by atoms with Crippen molar-refractivity contribution in [1.29, 1.82) is 0 Å². The SMILES string of the molecule is CN(Cc1cnn(-c2ccc(F)cc2)c1)C(=O)CCc1cccnc1. The van der Waals surface area contributed by atoms with Crippen molar-refractivity contribution < 1.29 is 9.18 Å². The molecule has 0 N–H and O–H groups in total. The van der Waals surface area contributed by atoms with Crippen LogP contribution in [0.2, 0.25) is 0 Å². The number of carbonyl (C=O) groups is 1. The monoisotopic (exact) mass is 338 g/mol. The number of hydrogen-bond donors (Lipinski definition) is 0. The average Bonchev–Trinajstić information content (AvgIpc) is 3.09. The number of hydrogen-bond acceptors (Lipinski definition) is 3. The van der Waals surface area contributed by atoms with Crippen LogP contribution in [0.4, 0.5) is 4.39 Å². The lowest BCUT2D eigenvalue weighted by atomic mass is 10.1. The zero-order valence-corrected chi connectivity index (χ0v) is 14.0. The van der Waals surface area contributed by atoms with Crippen molar-refractivity contribution >= 4 is 5.91 Å². The molecule has 0 fully saturated rings. The molecule has 0 radical (unpaired) electrons. The Kier molecular flexibility index (Phi) is 5.18. The Balaban J connectivity index is 1.56. The van der Waals surface area contributed by atoms with Gasteiger partial charge in [-0.1, -0.05) is 6.07 Å². The molecule has 0 saturated heterocycles. The first-order chi connectivity index (χ1) is 12.1. The van der Waals surface area contributed by atoms with Crippen molar-refractivity contribution in [1.82, 2.24) is 19.7 Å². The third-order valence-electron chi connectivity index (χ3n) is 3.92. The fourth-order valence-electron chi connectivity index (χ4n) is 2.53. The first-order valence-corrected chi connectivity index (χ1v) is 8.04. The molecule has 0 bridgehead atoms. The van der Waals surface area contributed by atoms with E-state index in [4.69, 9.17) is 0 Å². The predicted octanol–water partition coefficient (Wildman–Crippen LogP) is 3.00. The van der Waals surface area contributed by atoms with Gasteiger partial charge in [-0.25, -0.2) is 9.07 Å². The van der Waals surface area contributed by atoms with Gasteiger partial charge in [0.15, 0.2) is 0 Å². The molecule has 0 unspecified atom stereocenters. The lowest BCUT2D eigenvalue weighted by Gasteiger charge is -2.16. The van der Waals surface area contributed by atoms with Gasteiger partial charge in [0.05, 0.1) is 11.9 Å². The van der Waals surface area contributed by atoms with Crippen LogP contribution in [-0.2, 0) is 17.8 Å². The van der Waals surface area contributed by atoms with Crippen LogP contribution < -0.4 is 0 Å². The van der Waals surface area contributed by atoms with E-state index < -0.39 is 0 Å². The van der Waals surface area contributed by atoms with Crippen molar-refractivity contribution in [3.05, 3.63) is 78.1 Å². The molecular weight excluding hydrogens is 319 g/mol. The molecule has 2 aromatic heterocycles. The van der Waals surface area contributed by atoms with E-state index in [1.807, 2.05) is 18.3 Å². The highest BCUT2D eigenvalue weighted by atomic mass is 19.1. The van der Waals surface area contributed by atoms with Gasteiger partial charge in [0, 0.05) is 44.2 Å². The minimum absolute atomic E-state index is 0.0679. The molecule has 2 heterocycles. The summed E-state index contributed by atoms with van der Waals surface area (Å²) in [6.45, 7) is 0.479. The number of amides is 1. The molecule has 0 aliphatic rings. The van der Waals surface area contributed by atoms with E-state index in [0.29, 0.717) is 19.4 Å². The van der Waals surface area contributed by atoms with Gasteiger partial charge in [-0.3, -0.25) is 9.78 Å². The van der Waals surface area contributed by atoms with Gasteiger partial charge >= 0.3 is 0 Å². The fourth-order valence-corrected chi connectivity index (χ4v) is 2.53. The van der Waals surface area contributed by atoms with Crippen molar-refractivity contribution in [2.45, 2.75) is 19.4 Å². The lowest BCUT2D eigenvalue weighted by molar-refractivity contribution is -0.130. The minimum Gasteiger partial charge on any atom is -0.341 e. The maximum absolute atomic E-state index is 13.0. The van der Waals surface area contributed by atoms with Crippen LogP contribution in [-0.4, -0.2) is 32.6 Å². The van der Waals surface area contributed by atoms with E-state index >= 15 is 0 Å². The summed E-state index contributed by atoms with van der Waals surface area (Å²) in [4.78, 5) is 18.0. The zero-order valence-electron chi connectivity index (χ0n) is 14.0. The maximum Gasteiger partial charge on any atom is 0.222 e. The van der Waals surface area contributed by atoms with Gasteiger partial charge in [0.25, 0.3) is 0 Å². The fraction of sp³-hybridized carbons (Fsp3) is 0.211. The number of aryl methyl sites for hydroxylation is 1. The molecule has 0 aliphatic carbocycles. The molecule has 3 rings (SSSR count). The van der Waals surface area contributed by atoms with Gasteiger partial charge in [-0.2, -0.15) is 5.10 Å². The molecule has 6 heteroatoms. The Morgan fingerprint density at radius 2 is 1.96 bits per heavy atom. The molecule has 0 atom stereocenters. The summed E-state index contributed by atoms with van der Waals surface area (Å²) in [7, 11) is 1.78. The molecule has 0 saturated carbocycles. The second-order valence-corrected chi connectivity index (χ2v) is 5.88. The number of nitrogens with zero attached hydrogens (tertiary/aromatic N) is 4. The summed E-state index contributed by atoms with van der Waals surface area (Å²) in [5.74, 6) is -0.214. The summed E-state index contributed by atoms with van der Waals surface area (Å²) in [6, 6.07) is 9.94. The summed E-state index contributed by atoms with van der Waals surface area (Å²) < 4.78 is 14.7. The number of carbonyl (C=O) groups excluding carboxylic acids is 1. The Morgan fingerprint density at radius 1 is 1.16 bits per heavy atom. The smallest absolute Gasteiger partial charge is 0.222 e. The van der Waals surface area contributed by atoms with Crippen LogP contribution in [0.5, 0.6) is 0 Å². The molecule has 25 heavy (non-hydrogen) atoms. The first-order valence-electron chi connectivity index (χ1n) is 8.04. The Hall–Kier alpha value is -3.02. The van der Waals surface area contributed by atoms with Crippen molar-refractivity contribution in [3.63, 3.8) is 0 Å². The largest absolute Gasteiger partial charge is 0.341 e. The zero-order chi connectivity index (χ0) is 17.6. The van der Waals surface area contributed by atoms with Crippen LogP contribution in [0, 0.1) is 5.82 Å². The Morgan fingerprint density at radius 3 is 2.68 bits per heavy atom. The van der Waals surface area contributed by atoms with Crippen LogP contribution >= 0.6 is 0 Å². The second kappa shape index (κ2) is 7.70. The average molecular weight is 338 g/mol. The van der Waals surface area contributed by atoms with Gasteiger partial charge in [0.1, 0.15) is 5.82 Å².